The summed E-state index contributed by atoms with van der Waals surface area (Å²) in [5, 5.41) is 34.1. The van der Waals surface area contributed by atoms with Crippen LogP contribution in [0.2, 0.25) is 5.02 Å². The monoisotopic (exact) mass is 606 g/mol. The van der Waals surface area contributed by atoms with Gasteiger partial charge in [0.2, 0.25) is 11.0 Å². The molecule has 0 aliphatic carbocycles. The van der Waals surface area contributed by atoms with Gasteiger partial charge in [-0.1, -0.05) is 47.2 Å². The molecule has 0 saturated heterocycles. The van der Waals surface area contributed by atoms with Crippen molar-refractivity contribution in [2.75, 3.05) is 10.6 Å². The van der Waals surface area contributed by atoms with Crippen LogP contribution in [0.3, 0.4) is 0 Å². The van der Waals surface area contributed by atoms with Crippen molar-refractivity contribution in [2.24, 2.45) is 0 Å². The zero-order valence-corrected chi connectivity index (χ0v) is 23.1. The Kier molecular flexibility index (Phi) is 10.4. The summed E-state index contributed by atoms with van der Waals surface area (Å²) >= 11 is 7.29. The van der Waals surface area contributed by atoms with Crippen LogP contribution in [0.1, 0.15) is 34.7 Å². The maximum absolute atomic E-state index is 12.4. The number of carbonyl (C=O) groups is 1. The molecule has 3 N–H and O–H groups in total. The molecule has 0 spiro atoms. The summed E-state index contributed by atoms with van der Waals surface area (Å²) in [6.45, 7) is 0. The molecule has 2 aromatic heterocycles. The minimum absolute atomic E-state index is 0.0391. The molecule has 0 fully saturated rings. The number of aliphatic hydroxyl groups is 1. The number of nitrogens with zero attached hydrogens (tertiary/aromatic N) is 4. The Hall–Kier alpha value is -3.81. The maximum atomic E-state index is 12.4. The summed E-state index contributed by atoms with van der Waals surface area (Å²) in [6.07, 6.45) is -2.59. The highest BCUT2D eigenvalue weighted by molar-refractivity contribution is 7.15. The highest BCUT2D eigenvalue weighted by Crippen LogP contribution is 2.24. The smallest absolute Gasteiger partial charge is 0.406 e. The lowest BCUT2D eigenvalue weighted by atomic mass is 10.1. The minimum Gasteiger partial charge on any atom is -0.406 e. The predicted molar refractivity (Wildman–Crippen MR) is 149 cm³/mol. The van der Waals surface area contributed by atoms with Gasteiger partial charge in [-0.3, -0.25) is 4.79 Å². The van der Waals surface area contributed by atoms with Gasteiger partial charge in [0.05, 0.1) is 12.1 Å². The fourth-order valence-corrected chi connectivity index (χ4v) is 4.88. The number of rotatable bonds is 13. The number of hydrogen-bond acceptors (Lipinski definition) is 9. The number of halogens is 4. The number of ether oxygens (including phenoxy) is 1. The van der Waals surface area contributed by atoms with Gasteiger partial charge in [-0.2, -0.15) is 5.10 Å². The molecule has 0 saturated carbocycles. The maximum Gasteiger partial charge on any atom is 0.573 e. The quantitative estimate of drug-likeness (QED) is 0.133. The summed E-state index contributed by atoms with van der Waals surface area (Å²) in [7, 11) is 0. The van der Waals surface area contributed by atoms with Gasteiger partial charge in [-0.15, -0.1) is 28.5 Å². The number of hydrogen-bond donors (Lipinski definition) is 3. The molecule has 0 aliphatic rings. The SMILES string of the molecule is O=C(Cc1cccc(Cl)c1)Nc1nnc(CCCCc2ccc(NC(O)Cc3cccc(OC(F)(F)F)c3)nn2)s1. The number of alkyl halides is 3. The van der Waals surface area contributed by atoms with E-state index in [-0.39, 0.29) is 24.5 Å². The van der Waals surface area contributed by atoms with E-state index in [9.17, 15) is 23.1 Å². The van der Waals surface area contributed by atoms with Crippen LogP contribution < -0.4 is 15.4 Å². The van der Waals surface area contributed by atoms with Crippen molar-refractivity contribution < 1.29 is 27.8 Å². The Bertz CT molecular complexity index is 1440. The van der Waals surface area contributed by atoms with Crippen LogP contribution in [0.5, 0.6) is 5.75 Å². The molecule has 0 radical (unpaired) electrons. The lowest BCUT2D eigenvalue weighted by Gasteiger charge is -2.14. The van der Waals surface area contributed by atoms with E-state index in [1.165, 1.54) is 29.5 Å². The van der Waals surface area contributed by atoms with Crippen molar-refractivity contribution >= 4 is 39.8 Å². The van der Waals surface area contributed by atoms with E-state index in [1.54, 1.807) is 36.4 Å². The molecule has 1 amide bonds. The summed E-state index contributed by atoms with van der Waals surface area (Å²) < 4.78 is 41.2. The van der Waals surface area contributed by atoms with Crippen LogP contribution >= 0.6 is 22.9 Å². The topological polar surface area (TPSA) is 122 Å². The van der Waals surface area contributed by atoms with Gasteiger partial charge in [0.1, 0.15) is 17.0 Å². The molecule has 216 valence electrons. The highest BCUT2D eigenvalue weighted by Gasteiger charge is 2.31. The van der Waals surface area contributed by atoms with E-state index in [0.717, 1.165) is 29.1 Å². The van der Waals surface area contributed by atoms with Gasteiger partial charge >= 0.3 is 6.36 Å². The lowest BCUT2D eigenvalue weighted by Crippen LogP contribution is -2.22. The number of unbranched alkanes of at least 4 members (excludes halogenated alkanes) is 1. The summed E-state index contributed by atoms with van der Waals surface area (Å²) in [5.41, 5.74) is 2.04. The first kappa shape index (κ1) is 30.2. The van der Waals surface area contributed by atoms with Crippen molar-refractivity contribution in [3.8, 4) is 5.75 Å². The number of nitrogens with one attached hydrogen (secondary N) is 2. The fourth-order valence-electron chi connectivity index (χ4n) is 3.87. The zero-order chi connectivity index (χ0) is 29.2. The molecular weight excluding hydrogens is 581 g/mol. The van der Waals surface area contributed by atoms with Crippen molar-refractivity contribution in [3.05, 3.63) is 87.5 Å². The highest BCUT2D eigenvalue weighted by atomic mass is 35.5. The number of aryl methyl sites for hydroxylation is 2. The van der Waals surface area contributed by atoms with E-state index in [2.05, 4.69) is 35.8 Å². The van der Waals surface area contributed by atoms with Crippen molar-refractivity contribution in [2.45, 2.75) is 51.1 Å². The molecule has 0 bridgehead atoms. The third-order valence-corrected chi connectivity index (χ3v) is 6.77. The molecule has 4 aromatic rings. The third-order valence-electron chi connectivity index (χ3n) is 5.64. The first-order chi connectivity index (χ1) is 19.6. The van der Waals surface area contributed by atoms with Crippen molar-refractivity contribution in [3.63, 3.8) is 0 Å². The third kappa shape index (κ3) is 10.6. The summed E-state index contributed by atoms with van der Waals surface area (Å²) in [6, 6.07) is 16.0. The number of anilines is 2. The molecule has 9 nitrogen and oxygen atoms in total. The normalized spacial score (nSPS) is 12.1. The molecule has 41 heavy (non-hydrogen) atoms. The largest absolute Gasteiger partial charge is 0.573 e. The van der Waals surface area contributed by atoms with Crippen LogP contribution in [0.4, 0.5) is 24.1 Å². The van der Waals surface area contributed by atoms with Crippen molar-refractivity contribution in [1.82, 2.24) is 20.4 Å². The molecule has 4 rings (SSSR count). The minimum atomic E-state index is -4.79. The molecular formula is C27H26ClF3N6O3S. The Labute approximate surface area is 242 Å². The van der Waals surface area contributed by atoms with Crippen LogP contribution in [0.15, 0.2) is 60.7 Å². The second-order valence-electron chi connectivity index (χ2n) is 9.03. The van der Waals surface area contributed by atoms with Gasteiger partial charge in [-0.25, -0.2) is 0 Å². The summed E-state index contributed by atoms with van der Waals surface area (Å²) in [5.74, 6) is -0.207. The Morgan fingerprint density at radius 1 is 0.976 bits per heavy atom. The zero-order valence-electron chi connectivity index (χ0n) is 21.6. The van der Waals surface area contributed by atoms with Crippen LogP contribution in [0.25, 0.3) is 0 Å². The number of carbonyl (C=O) groups excluding carboxylic acids is 1. The van der Waals surface area contributed by atoms with E-state index >= 15 is 0 Å². The van der Waals surface area contributed by atoms with Gasteiger partial charge in [-0.05, 0) is 66.8 Å². The van der Waals surface area contributed by atoms with Crippen LogP contribution in [0, 0.1) is 0 Å². The van der Waals surface area contributed by atoms with Crippen LogP contribution in [-0.2, 0) is 30.5 Å². The van der Waals surface area contributed by atoms with Gasteiger partial charge in [0.15, 0.2) is 5.82 Å². The Balaban J connectivity index is 1.15. The van der Waals surface area contributed by atoms with Gasteiger partial charge in [0, 0.05) is 17.9 Å². The van der Waals surface area contributed by atoms with E-state index in [0.29, 0.717) is 34.4 Å². The molecule has 1 atom stereocenters. The van der Waals surface area contributed by atoms with Gasteiger partial charge in [0.25, 0.3) is 0 Å². The molecule has 0 aliphatic heterocycles. The molecule has 2 aromatic carbocycles. The fraction of sp³-hybridized carbons (Fsp3) is 0.296. The lowest BCUT2D eigenvalue weighted by molar-refractivity contribution is -0.274. The number of aromatic nitrogens is 4. The second kappa shape index (κ2) is 14.2. The Morgan fingerprint density at radius 3 is 2.51 bits per heavy atom. The first-order valence-corrected chi connectivity index (χ1v) is 13.8. The average Bonchev–Trinajstić information content (AvgIpc) is 3.33. The Morgan fingerprint density at radius 2 is 1.76 bits per heavy atom. The first-order valence-electron chi connectivity index (χ1n) is 12.6. The standard InChI is InChI=1S/C27H26ClF3N6O3S/c28-19-7-3-5-17(13-19)15-24(39)33-26-37-36-25(41-26)10-2-1-8-20-11-12-22(35-34-20)32-23(38)16-18-6-4-9-21(14-18)40-27(29,30)31/h3-7,9,11-14,23,38H,1-2,8,10,15-16H2,(H,32,35)(H,33,37,39). The predicted octanol–water partition coefficient (Wildman–Crippen LogP) is 5.60. The summed E-state index contributed by atoms with van der Waals surface area (Å²) in [4.78, 5) is 12.3. The second-order valence-corrected chi connectivity index (χ2v) is 10.5. The number of benzene rings is 2. The number of aliphatic hydroxyl groups excluding tert-OH is 1. The van der Waals surface area contributed by atoms with Crippen LogP contribution in [-0.4, -0.2) is 44.0 Å². The molecule has 2 heterocycles. The average molecular weight is 607 g/mol. The van der Waals surface area contributed by atoms with E-state index < -0.39 is 12.6 Å². The molecule has 14 heteroatoms. The molecule has 1 unspecified atom stereocenters. The van der Waals surface area contributed by atoms with E-state index in [4.69, 9.17) is 11.6 Å². The van der Waals surface area contributed by atoms with Crippen molar-refractivity contribution in [1.29, 1.82) is 0 Å². The van der Waals surface area contributed by atoms with Gasteiger partial charge < -0.3 is 20.5 Å². The van der Waals surface area contributed by atoms with E-state index in [1.807, 2.05) is 6.07 Å². The number of amides is 1.